The molecular formula is C85H166O17P2. The van der Waals surface area contributed by atoms with Gasteiger partial charge in [0.05, 0.1) is 26.4 Å². The van der Waals surface area contributed by atoms with Crippen LogP contribution in [0.25, 0.3) is 0 Å². The second-order valence-electron chi connectivity index (χ2n) is 31.5. The summed E-state index contributed by atoms with van der Waals surface area (Å²) >= 11 is 0. The fourth-order valence-electron chi connectivity index (χ4n) is 13.2. The van der Waals surface area contributed by atoms with Crippen LogP contribution in [0.3, 0.4) is 0 Å². The molecule has 618 valence electrons. The first-order chi connectivity index (χ1) is 50.4. The SMILES string of the molecule is CCCCCCCCCCCCCCCCCCCCCCCC(=O)O[C@H](COC(=O)CCCCCCCCCCCCCCCC(C)C)COP(=O)(O)OC[C@@H](O)COP(=O)(O)OC[C@@H](COC(=O)CCCCCCCCCCCC(C)C)OC(=O)CCCCCCCCCCCCCCCCC. The fourth-order valence-corrected chi connectivity index (χ4v) is 14.8. The van der Waals surface area contributed by atoms with E-state index in [1.54, 1.807) is 0 Å². The summed E-state index contributed by atoms with van der Waals surface area (Å²) in [6.45, 7) is 9.67. The number of unbranched alkanes of at least 4 members (excludes halogenated alkanes) is 54. The maximum absolute atomic E-state index is 13.1. The topological polar surface area (TPSA) is 237 Å². The zero-order valence-electron chi connectivity index (χ0n) is 68.3. The Morgan fingerprint density at radius 1 is 0.260 bits per heavy atom. The summed E-state index contributed by atoms with van der Waals surface area (Å²) in [7, 11) is -9.93. The van der Waals surface area contributed by atoms with E-state index in [0.29, 0.717) is 25.7 Å². The number of carbonyl (C=O) groups excluding carboxylic acids is 4. The number of hydrogen-bond acceptors (Lipinski definition) is 15. The average molecular weight is 1520 g/mol. The van der Waals surface area contributed by atoms with Crippen LogP contribution in [0.5, 0.6) is 0 Å². The molecule has 0 aliphatic carbocycles. The number of esters is 4. The highest BCUT2D eigenvalue weighted by molar-refractivity contribution is 7.47. The zero-order valence-corrected chi connectivity index (χ0v) is 70.1. The fraction of sp³-hybridized carbons (Fsp3) is 0.953. The van der Waals surface area contributed by atoms with Crippen molar-refractivity contribution >= 4 is 39.5 Å². The monoisotopic (exact) mass is 1520 g/mol. The van der Waals surface area contributed by atoms with Crippen molar-refractivity contribution in [1.29, 1.82) is 0 Å². The predicted octanol–water partition coefficient (Wildman–Crippen LogP) is 25.8. The Morgan fingerprint density at radius 2 is 0.442 bits per heavy atom. The van der Waals surface area contributed by atoms with Gasteiger partial charge in [0, 0.05) is 25.7 Å². The first kappa shape index (κ1) is 102. The highest BCUT2D eigenvalue weighted by Crippen LogP contribution is 2.45. The van der Waals surface area contributed by atoms with Gasteiger partial charge in [-0.3, -0.25) is 37.3 Å². The van der Waals surface area contributed by atoms with Gasteiger partial charge < -0.3 is 33.8 Å². The molecule has 2 unspecified atom stereocenters. The molecular weight excluding hydrogens is 1350 g/mol. The van der Waals surface area contributed by atoms with Gasteiger partial charge in [-0.1, -0.05) is 401 Å². The van der Waals surface area contributed by atoms with Crippen molar-refractivity contribution in [1.82, 2.24) is 0 Å². The van der Waals surface area contributed by atoms with Gasteiger partial charge >= 0.3 is 39.5 Å². The van der Waals surface area contributed by atoms with Gasteiger partial charge in [0.1, 0.15) is 19.3 Å². The third kappa shape index (κ3) is 78.2. The highest BCUT2D eigenvalue weighted by atomic mass is 31.2. The van der Waals surface area contributed by atoms with Crippen molar-refractivity contribution in [2.45, 2.75) is 471 Å². The van der Waals surface area contributed by atoms with E-state index in [4.69, 9.17) is 37.0 Å². The van der Waals surface area contributed by atoms with Gasteiger partial charge in [-0.25, -0.2) is 9.13 Å². The lowest BCUT2D eigenvalue weighted by molar-refractivity contribution is -0.161. The van der Waals surface area contributed by atoms with Crippen LogP contribution in [0.15, 0.2) is 0 Å². The standard InChI is InChI=1S/C85H166O17P2/c1-7-9-11-13-15-17-19-21-23-24-25-26-27-28-30-34-39-45-52-58-64-70-85(90)101-80(73-95-82(87)67-61-55-49-43-37-35-31-32-36-41-47-53-59-65-77(3)4)75-99-103(91,92)97-71-79(86)72-98-104(93,94)100-76-81(74-96-83(88)68-62-56-50-46-40-42-48-54-60-66-78(5)6)102-84(89)69-63-57-51-44-38-33-29-22-20-18-16-14-12-10-8-2/h77-81,86H,7-76H2,1-6H3,(H,91,92)(H,93,94)/t79-,80-,81-/m1/s1. The number of ether oxygens (including phenoxy) is 4. The minimum atomic E-state index is -4.97. The van der Waals surface area contributed by atoms with E-state index in [-0.39, 0.29) is 25.7 Å². The van der Waals surface area contributed by atoms with E-state index in [1.807, 2.05) is 0 Å². The molecule has 19 heteroatoms. The molecule has 0 heterocycles. The minimum absolute atomic E-state index is 0.108. The lowest BCUT2D eigenvalue weighted by atomic mass is 10.0. The van der Waals surface area contributed by atoms with E-state index in [1.165, 1.54) is 270 Å². The lowest BCUT2D eigenvalue weighted by Crippen LogP contribution is -2.30. The molecule has 3 N–H and O–H groups in total. The number of hydrogen-bond donors (Lipinski definition) is 3. The summed E-state index contributed by atoms with van der Waals surface area (Å²) in [4.78, 5) is 73.2. The van der Waals surface area contributed by atoms with Crippen molar-refractivity contribution in [3.8, 4) is 0 Å². The number of phosphoric ester groups is 2. The molecule has 0 aromatic heterocycles. The number of rotatable bonds is 84. The molecule has 0 fully saturated rings. The third-order valence-electron chi connectivity index (χ3n) is 20.0. The molecule has 17 nitrogen and oxygen atoms in total. The minimum Gasteiger partial charge on any atom is -0.462 e. The van der Waals surface area contributed by atoms with Crippen LogP contribution in [0, 0.1) is 11.8 Å². The van der Waals surface area contributed by atoms with Crippen LogP contribution in [-0.2, 0) is 65.4 Å². The summed E-state index contributed by atoms with van der Waals surface area (Å²) in [6.07, 6.45) is 68.0. The number of phosphoric acid groups is 2. The smallest absolute Gasteiger partial charge is 0.462 e. The molecule has 0 radical (unpaired) electrons. The Bertz CT molecular complexity index is 1990. The van der Waals surface area contributed by atoms with Crippen LogP contribution in [0.4, 0.5) is 0 Å². The number of aliphatic hydroxyl groups is 1. The Balaban J connectivity index is 5.25. The van der Waals surface area contributed by atoms with E-state index in [0.717, 1.165) is 102 Å². The van der Waals surface area contributed by atoms with E-state index in [2.05, 4.69) is 41.5 Å². The quantitative estimate of drug-likeness (QED) is 0.0222. The van der Waals surface area contributed by atoms with Crippen LogP contribution < -0.4 is 0 Å². The third-order valence-corrected chi connectivity index (χ3v) is 21.9. The average Bonchev–Trinajstić information content (AvgIpc) is 0.906. The first-order valence-corrected chi connectivity index (χ1v) is 47.0. The second kappa shape index (κ2) is 76.4. The molecule has 0 bridgehead atoms. The Morgan fingerprint density at radius 3 is 0.654 bits per heavy atom. The van der Waals surface area contributed by atoms with Gasteiger partial charge in [-0.2, -0.15) is 0 Å². The van der Waals surface area contributed by atoms with Gasteiger partial charge in [-0.15, -0.1) is 0 Å². The van der Waals surface area contributed by atoms with Gasteiger partial charge in [0.15, 0.2) is 12.2 Å². The summed E-state index contributed by atoms with van der Waals surface area (Å²) in [5.41, 5.74) is 0. The number of carbonyl (C=O) groups is 4. The highest BCUT2D eigenvalue weighted by Gasteiger charge is 2.30. The molecule has 0 aromatic rings. The summed E-state index contributed by atoms with van der Waals surface area (Å²) in [6, 6.07) is 0. The van der Waals surface area contributed by atoms with Gasteiger partial charge in [0.25, 0.3) is 0 Å². The van der Waals surface area contributed by atoms with E-state index < -0.39 is 97.5 Å². The van der Waals surface area contributed by atoms with Crippen molar-refractivity contribution < 1.29 is 80.2 Å². The predicted molar refractivity (Wildman–Crippen MR) is 428 cm³/mol. The van der Waals surface area contributed by atoms with Gasteiger partial charge in [0.2, 0.25) is 0 Å². The Labute approximate surface area is 638 Å². The molecule has 0 saturated heterocycles. The summed E-state index contributed by atoms with van der Waals surface area (Å²) < 4.78 is 68.9. The first-order valence-electron chi connectivity index (χ1n) is 44.0. The van der Waals surface area contributed by atoms with Crippen LogP contribution >= 0.6 is 15.6 Å². The molecule has 0 aromatic carbocycles. The van der Waals surface area contributed by atoms with Crippen molar-refractivity contribution in [2.75, 3.05) is 39.6 Å². The maximum atomic E-state index is 13.1. The summed E-state index contributed by atoms with van der Waals surface area (Å²) in [5, 5.41) is 10.7. The van der Waals surface area contributed by atoms with Crippen molar-refractivity contribution in [2.24, 2.45) is 11.8 Å². The molecule has 0 aliphatic rings. The molecule has 104 heavy (non-hydrogen) atoms. The molecule has 0 aliphatic heterocycles. The normalized spacial score (nSPS) is 13.8. The van der Waals surface area contributed by atoms with Crippen LogP contribution in [0.2, 0.25) is 0 Å². The van der Waals surface area contributed by atoms with Crippen molar-refractivity contribution in [3.05, 3.63) is 0 Å². The van der Waals surface area contributed by atoms with E-state index >= 15 is 0 Å². The zero-order chi connectivity index (χ0) is 76.4. The lowest BCUT2D eigenvalue weighted by Gasteiger charge is -2.21. The molecule has 0 saturated carbocycles. The molecule has 5 atom stereocenters. The Hall–Kier alpha value is -1.94. The number of aliphatic hydroxyl groups excluding tert-OH is 1. The summed E-state index contributed by atoms with van der Waals surface area (Å²) in [5.74, 6) is -0.568. The maximum Gasteiger partial charge on any atom is 0.472 e. The largest absolute Gasteiger partial charge is 0.472 e. The second-order valence-corrected chi connectivity index (χ2v) is 34.4. The molecule has 0 amide bonds. The van der Waals surface area contributed by atoms with Crippen molar-refractivity contribution in [3.63, 3.8) is 0 Å². The van der Waals surface area contributed by atoms with Gasteiger partial charge in [-0.05, 0) is 37.5 Å². The Kier molecular flexibility index (Phi) is 75.0. The van der Waals surface area contributed by atoms with Crippen LogP contribution in [0.1, 0.15) is 452 Å². The van der Waals surface area contributed by atoms with Crippen LogP contribution in [-0.4, -0.2) is 96.7 Å². The molecule has 0 spiro atoms. The van der Waals surface area contributed by atoms with E-state index in [9.17, 15) is 43.2 Å². The molecule has 0 rings (SSSR count).